The van der Waals surface area contributed by atoms with Gasteiger partial charge in [-0.3, -0.25) is 0 Å². The van der Waals surface area contributed by atoms with Crippen molar-refractivity contribution in [3.05, 3.63) is 36.1 Å². The average Bonchev–Trinajstić information content (AvgIpc) is 2.65. The van der Waals surface area contributed by atoms with E-state index in [2.05, 4.69) is 11.6 Å². The fourth-order valence-corrected chi connectivity index (χ4v) is 1.04. The Balaban J connectivity index is 2.92. The van der Waals surface area contributed by atoms with Gasteiger partial charge in [0.15, 0.2) is 0 Å². The van der Waals surface area contributed by atoms with Gasteiger partial charge in [0.1, 0.15) is 12.4 Å². The Bertz CT molecular complexity index is 287. The van der Waals surface area contributed by atoms with Crippen molar-refractivity contribution < 1.29 is 9.84 Å². The molecule has 3 nitrogen and oxygen atoms in total. The molecule has 13 heavy (non-hydrogen) atoms. The van der Waals surface area contributed by atoms with Crippen LogP contribution >= 0.6 is 0 Å². The van der Waals surface area contributed by atoms with Crippen LogP contribution in [0.1, 0.15) is 6.92 Å². The molecule has 0 aromatic rings. The lowest BCUT2D eigenvalue weighted by Gasteiger charge is -2.04. The summed E-state index contributed by atoms with van der Waals surface area (Å²) < 4.78 is 5.22. The monoisotopic (exact) mass is 179 g/mol. The van der Waals surface area contributed by atoms with Crippen LogP contribution in [-0.4, -0.2) is 24.2 Å². The van der Waals surface area contributed by atoms with E-state index in [9.17, 15) is 5.11 Å². The molecule has 0 atom stereocenters. The molecule has 0 unspecified atom stereocenters. The Hall–Kier alpha value is -1.51. The first-order valence-electron chi connectivity index (χ1n) is 4.15. The molecular weight excluding hydrogens is 166 g/mol. The molecule has 0 spiro atoms. The van der Waals surface area contributed by atoms with Crippen molar-refractivity contribution in [3.8, 4) is 0 Å². The molecule has 70 valence electrons. The zero-order valence-electron chi connectivity index (χ0n) is 7.66. The second-order valence-electron chi connectivity index (χ2n) is 2.53. The summed E-state index contributed by atoms with van der Waals surface area (Å²) in [5.41, 5.74) is 0.593. The largest absolute Gasteiger partial charge is 0.507 e. The van der Waals surface area contributed by atoms with Gasteiger partial charge in [0.05, 0.1) is 12.1 Å². The van der Waals surface area contributed by atoms with Gasteiger partial charge in [0.2, 0.25) is 5.90 Å². The highest BCUT2D eigenvalue weighted by Crippen LogP contribution is 2.13. The van der Waals surface area contributed by atoms with Gasteiger partial charge < -0.3 is 9.84 Å². The second kappa shape index (κ2) is 4.50. The van der Waals surface area contributed by atoms with Crippen molar-refractivity contribution in [1.29, 1.82) is 0 Å². The first-order valence-corrected chi connectivity index (χ1v) is 4.15. The van der Waals surface area contributed by atoms with E-state index >= 15 is 0 Å². The Morgan fingerprint density at radius 3 is 2.92 bits per heavy atom. The van der Waals surface area contributed by atoms with Crippen LogP contribution in [0.4, 0.5) is 0 Å². The number of ether oxygens (including phenoxy) is 1. The Kier molecular flexibility index (Phi) is 3.31. The molecule has 0 aromatic heterocycles. The molecular formula is C10H13NO2. The number of hydrogen-bond acceptors (Lipinski definition) is 3. The molecule has 0 saturated heterocycles. The van der Waals surface area contributed by atoms with Crippen molar-refractivity contribution >= 4 is 5.90 Å². The molecule has 0 fully saturated rings. The maximum atomic E-state index is 9.49. The lowest BCUT2D eigenvalue weighted by molar-refractivity contribution is 0.342. The van der Waals surface area contributed by atoms with Crippen LogP contribution in [0.5, 0.6) is 0 Å². The summed E-state index contributed by atoms with van der Waals surface area (Å²) in [6.07, 6.45) is 4.87. The third-order valence-electron chi connectivity index (χ3n) is 1.65. The molecule has 3 heteroatoms. The second-order valence-corrected chi connectivity index (χ2v) is 2.53. The molecule has 1 heterocycles. The predicted octanol–water partition coefficient (Wildman–Crippen LogP) is 1.99. The number of aliphatic hydroxyl groups is 1. The number of hydrogen-bond donors (Lipinski definition) is 1. The third-order valence-corrected chi connectivity index (χ3v) is 1.65. The van der Waals surface area contributed by atoms with Gasteiger partial charge in [0.25, 0.3) is 0 Å². The quantitative estimate of drug-likeness (QED) is 0.531. The third kappa shape index (κ3) is 2.21. The molecule has 1 aliphatic rings. The van der Waals surface area contributed by atoms with Crippen LogP contribution in [0.3, 0.4) is 0 Å². The van der Waals surface area contributed by atoms with Gasteiger partial charge in [-0.1, -0.05) is 12.7 Å². The fourth-order valence-electron chi connectivity index (χ4n) is 1.04. The lowest BCUT2D eigenvalue weighted by Crippen LogP contribution is -2.05. The molecule has 0 amide bonds. The Labute approximate surface area is 77.8 Å². The molecule has 0 aliphatic carbocycles. The highest BCUT2D eigenvalue weighted by Gasteiger charge is 2.15. The summed E-state index contributed by atoms with van der Waals surface area (Å²) in [7, 11) is 0. The van der Waals surface area contributed by atoms with E-state index in [-0.39, 0.29) is 5.76 Å². The normalized spacial score (nSPS) is 18.1. The summed E-state index contributed by atoms with van der Waals surface area (Å²) in [5, 5.41) is 9.49. The number of rotatable bonds is 3. The van der Waals surface area contributed by atoms with Gasteiger partial charge in [-0.25, -0.2) is 4.99 Å². The van der Waals surface area contributed by atoms with Crippen LogP contribution < -0.4 is 0 Å². The minimum atomic E-state index is 0.167. The molecule has 0 bridgehead atoms. The molecule has 1 rings (SSSR count). The van der Waals surface area contributed by atoms with E-state index < -0.39 is 0 Å². The van der Waals surface area contributed by atoms with Crippen LogP contribution in [-0.2, 0) is 4.74 Å². The van der Waals surface area contributed by atoms with Crippen molar-refractivity contribution in [2.24, 2.45) is 4.99 Å². The van der Waals surface area contributed by atoms with E-state index in [0.29, 0.717) is 24.6 Å². The van der Waals surface area contributed by atoms with Crippen LogP contribution in [0, 0.1) is 0 Å². The maximum absolute atomic E-state index is 9.49. The summed E-state index contributed by atoms with van der Waals surface area (Å²) in [4.78, 5) is 4.10. The van der Waals surface area contributed by atoms with Crippen molar-refractivity contribution in [2.45, 2.75) is 6.92 Å². The standard InChI is InChI=1S/C10H13NO2/c1-3-5-8(9(12)4-2)10-11-6-7-13-10/h3-5,12H,1,6-7H2,2H3/b8-5+,9-4+. The minimum absolute atomic E-state index is 0.167. The number of aliphatic imine (C=N–C) groups is 1. The topological polar surface area (TPSA) is 41.8 Å². The summed E-state index contributed by atoms with van der Waals surface area (Å²) in [6, 6.07) is 0. The number of aliphatic hydroxyl groups excluding tert-OH is 1. The van der Waals surface area contributed by atoms with E-state index in [0.717, 1.165) is 0 Å². The number of nitrogens with zero attached hydrogens (tertiary/aromatic N) is 1. The zero-order valence-corrected chi connectivity index (χ0v) is 7.66. The maximum Gasteiger partial charge on any atom is 0.220 e. The predicted molar refractivity (Wildman–Crippen MR) is 52.9 cm³/mol. The SMILES string of the molecule is C=C/C=C(C1=NCCO1)\C(O)=C/C. The average molecular weight is 179 g/mol. The van der Waals surface area contributed by atoms with Gasteiger partial charge in [-0.05, 0) is 19.1 Å². The molecule has 0 radical (unpaired) electrons. The molecule has 1 N–H and O–H groups in total. The summed E-state index contributed by atoms with van der Waals surface area (Å²) >= 11 is 0. The van der Waals surface area contributed by atoms with Crippen molar-refractivity contribution in [3.63, 3.8) is 0 Å². The van der Waals surface area contributed by atoms with Crippen molar-refractivity contribution in [1.82, 2.24) is 0 Å². The first-order chi connectivity index (χ1) is 6.29. The van der Waals surface area contributed by atoms with Gasteiger partial charge in [0, 0.05) is 0 Å². The van der Waals surface area contributed by atoms with Crippen molar-refractivity contribution in [2.75, 3.05) is 13.2 Å². The van der Waals surface area contributed by atoms with Gasteiger partial charge in [-0.2, -0.15) is 0 Å². The smallest absolute Gasteiger partial charge is 0.220 e. The van der Waals surface area contributed by atoms with Crippen LogP contribution in [0.15, 0.2) is 41.1 Å². The Morgan fingerprint density at radius 2 is 2.46 bits per heavy atom. The lowest BCUT2D eigenvalue weighted by atomic mass is 10.2. The first kappa shape index (κ1) is 9.58. The molecule has 0 saturated carbocycles. The van der Waals surface area contributed by atoms with E-state index in [1.54, 1.807) is 25.2 Å². The van der Waals surface area contributed by atoms with Crippen LogP contribution in [0.2, 0.25) is 0 Å². The zero-order chi connectivity index (χ0) is 9.68. The molecule has 1 aliphatic heterocycles. The minimum Gasteiger partial charge on any atom is -0.507 e. The summed E-state index contributed by atoms with van der Waals surface area (Å²) in [5.74, 6) is 0.663. The van der Waals surface area contributed by atoms with E-state index in [1.165, 1.54) is 0 Å². The van der Waals surface area contributed by atoms with E-state index in [1.807, 2.05) is 0 Å². The summed E-state index contributed by atoms with van der Waals surface area (Å²) in [6.45, 7) is 6.55. The van der Waals surface area contributed by atoms with Crippen LogP contribution in [0.25, 0.3) is 0 Å². The highest BCUT2D eigenvalue weighted by atomic mass is 16.5. The Morgan fingerprint density at radius 1 is 1.69 bits per heavy atom. The molecule has 0 aromatic carbocycles. The number of allylic oxidation sites excluding steroid dienone is 3. The van der Waals surface area contributed by atoms with Gasteiger partial charge >= 0.3 is 0 Å². The fraction of sp³-hybridized carbons (Fsp3) is 0.300. The van der Waals surface area contributed by atoms with Gasteiger partial charge in [-0.15, -0.1) is 0 Å². The van der Waals surface area contributed by atoms with E-state index in [4.69, 9.17) is 4.74 Å². The highest BCUT2D eigenvalue weighted by molar-refractivity contribution is 5.98.